The Morgan fingerprint density at radius 1 is 0.381 bits per heavy atom. The summed E-state index contributed by atoms with van der Waals surface area (Å²) in [4.78, 5) is 63.7. The maximum Gasteiger partial charge on any atom is 0.269 e. The summed E-state index contributed by atoms with van der Waals surface area (Å²) in [5, 5.41) is 36.0. The lowest BCUT2D eigenvalue weighted by Gasteiger charge is -2.20. The highest BCUT2D eigenvalue weighted by Gasteiger charge is 2.26. The molecule has 16 aromatic rings. The number of nitrogens with zero attached hydrogens (tertiary/aromatic N) is 24. The molecule has 0 bridgehead atoms. The average Bonchev–Trinajstić information content (AvgIpc) is 1.54. The van der Waals surface area contributed by atoms with E-state index in [0.29, 0.717) is 78.4 Å². The van der Waals surface area contributed by atoms with Gasteiger partial charge >= 0.3 is 0 Å². The Bertz CT molecular complexity index is 6600. The van der Waals surface area contributed by atoms with Gasteiger partial charge in [-0.15, -0.1) is 0 Å². The number of halogens is 6. The largest absolute Gasteiger partial charge is 0.392 e. The number of hydrogen-bond donors (Lipinski definition) is 8. The molecule has 590 valence electrons. The van der Waals surface area contributed by atoms with Crippen LogP contribution in [-0.2, 0) is 0 Å². The molecule has 16 rings (SSSR count). The zero-order chi connectivity index (χ0) is 82.9. The molecule has 0 amide bonds. The Labute approximate surface area is 698 Å². The smallest absolute Gasteiger partial charge is 0.269 e. The topological polar surface area (TPSA) is 380 Å². The highest BCUT2D eigenvalue weighted by molar-refractivity contribution is 7.59. The van der Waals surface area contributed by atoms with Crippen molar-refractivity contribution in [3.8, 4) is 45.0 Å². The van der Waals surface area contributed by atoms with Crippen LogP contribution in [0, 0.1) is 51.8 Å². The van der Waals surface area contributed by atoms with Gasteiger partial charge in [0, 0.05) is 57.6 Å². The second kappa shape index (κ2) is 36.3. The number of rotatable bonds is 17. The van der Waals surface area contributed by atoms with Crippen LogP contribution in [-0.4, -0.2) is 105 Å². The third kappa shape index (κ3) is 17.7. The molecule has 118 heavy (non-hydrogen) atoms. The SMILES string of the molecule is S.[C-]#[N+]c1c(N)nc(C)nc1N[C@@H](C)c1cc2ncc(Cl)n2nc1-c1ccccc1.[C-]#[N+]c1c(N)ncnc1N[C@@H](C)c1cc2ncc(Cl)n2nc1-c1cc(F)cc(F)c1.[C-]#[N+]c1c(N)ncnc1N[C@@H](C)c1cc2ncc(Cl)n2nc1-c1ccccc1C.[C-]#[N+]c1c(NC)ncnc1N[C@@H](C)c1cc2ncc(Cl)n2nc1-c1ccccc1. The molecular weight excluding hydrogens is 1610 g/mol. The van der Waals surface area contributed by atoms with Crippen LogP contribution in [0.5, 0.6) is 0 Å². The van der Waals surface area contributed by atoms with Gasteiger partial charge in [-0.05, 0) is 83.5 Å². The number of aromatic nitrogens is 20. The van der Waals surface area contributed by atoms with Crippen molar-refractivity contribution in [3.63, 3.8) is 0 Å². The number of imidazole rings is 4. The maximum absolute atomic E-state index is 13.9. The fourth-order valence-electron chi connectivity index (χ4n) is 12.4. The van der Waals surface area contributed by atoms with Crippen LogP contribution >= 0.6 is 59.9 Å². The summed E-state index contributed by atoms with van der Waals surface area (Å²) in [6.07, 6.45) is 10.1. The first-order valence-corrected chi connectivity index (χ1v) is 36.7. The van der Waals surface area contributed by atoms with Crippen molar-refractivity contribution < 1.29 is 8.78 Å². The summed E-state index contributed by atoms with van der Waals surface area (Å²) in [5.74, 6) is 1.24. The second-order valence-corrected chi connectivity index (χ2v) is 27.3. The molecule has 4 atom stereocenters. The van der Waals surface area contributed by atoms with E-state index in [9.17, 15) is 8.78 Å². The van der Waals surface area contributed by atoms with Crippen LogP contribution in [0.25, 0.3) is 87.0 Å². The van der Waals surface area contributed by atoms with Gasteiger partial charge in [0.05, 0.1) is 98.0 Å². The van der Waals surface area contributed by atoms with Crippen LogP contribution in [0.2, 0.25) is 20.6 Å². The number of anilines is 8. The summed E-state index contributed by atoms with van der Waals surface area (Å²) in [6, 6.07) is 37.1. The van der Waals surface area contributed by atoms with Crippen molar-refractivity contribution >= 4 is 152 Å². The van der Waals surface area contributed by atoms with E-state index < -0.39 is 17.7 Å². The number of nitrogens with two attached hydrogens (primary N) is 3. The molecule has 0 aliphatic carbocycles. The molecule has 12 aromatic heterocycles. The lowest BCUT2D eigenvalue weighted by Crippen LogP contribution is -2.13. The van der Waals surface area contributed by atoms with Crippen molar-refractivity contribution in [1.29, 1.82) is 0 Å². The monoisotopic (exact) mass is 1670 g/mol. The highest BCUT2D eigenvalue weighted by Crippen LogP contribution is 2.41. The molecule has 32 nitrogen and oxygen atoms in total. The zero-order valence-corrected chi connectivity index (χ0v) is 67.2. The first-order chi connectivity index (χ1) is 56.4. The number of benzene rings is 4. The van der Waals surface area contributed by atoms with Crippen molar-refractivity contribution in [1.82, 2.24) is 98.3 Å². The van der Waals surface area contributed by atoms with E-state index in [1.54, 1.807) is 59.1 Å². The molecule has 11 N–H and O–H groups in total. The number of fused-ring (bicyclic) bond motifs is 4. The molecule has 0 aliphatic heterocycles. The molecule has 39 heteroatoms. The minimum atomic E-state index is -0.742. The van der Waals surface area contributed by atoms with E-state index >= 15 is 0 Å². The minimum absolute atomic E-state index is 0. The average molecular weight is 1680 g/mol. The van der Waals surface area contributed by atoms with Gasteiger partial charge in [0.25, 0.3) is 22.7 Å². The van der Waals surface area contributed by atoms with E-state index in [4.69, 9.17) is 105 Å². The van der Waals surface area contributed by atoms with Crippen LogP contribution in [0.4, 0.5) is 78.1 Å². The lowest BCUT2D eigenvalue weighted by atomic mass is 9.98. The summed E-state index contributed by atoms with van der Waals surface area (Å²) in [5.41, 5.74) is 30.6. The molecule has 0 unspecified atom stereocenters. The van der Waals surface area contributed by atoms with Gasteiger partial charge in [-0.2, -0.15) is 33.9 Å². The third-order valence-corrected chi connectivity index (χ3v) is 19.1. The van der Waals surface area contributed by atoms with E-state index in [-0.39, 0.29) is 88.4 Å². The van der Waals surface area contributed by atoms with E-state index in [2.05, 4.69) is 111 Å². The number of nitrogens with one attached hydrogen (secondary N) is 5. The Hall–Kier alpha value is -14.6. The first kappa shape index (κ1) is 82.9. The second-order valence-electron chi connectivity index (χ2n) is 25.7. The first-order valence-electron chi connectivity index (χ1n) is 35.2. The van der Waals surface area contributed by atoms with Gasteiger partial charge in [0.15, 0.2) is 43.2 Å². The summed E-state index contributed by atoms with van der Waals surface area (Å²) < 4.78 is 33.9. The van der Waals surface area contributed by atoms with E-state index in [0.717, 1.165) is 62.1 Å². The fourth-order valence-corrected chi connectivity index (χ4v) is 13.1. The molecule has 0 fully saturated rings. The quantitative estimate of drug-likeness (QED) is 0.0393. The Morgan fingerprint density at radius 2 is 0.712 bits per heavy atom. The van der Waals surface area contributed by atoms with Crippen molar-refractivity contribution in [2.24, 2.45) is 0 Å². The highest BCUT2D eigenvalue weighted by atomic mass is 35.5. The van der Waals surface area contributed by atoms with Crippen LogP contribution < -0.4 is 43.8 Å². The van der Waals surface area contributed by atoms with E-state index in [1.807, 2.05) is 131 Å². The predicted octanol–water partition coefficient (Wildman–Crippen LogP) is 18.1. The van der Waals surface area contributed by atoms with Crippen LogP contribution in [0.3, 0.4) is 0 Å². The Morgan fingerprint density at radius 3 is 1.10 bits per heavy atom. The molecule has 0 spiro atoms. The van der Waals surface area contributed by atoms with Gasteiger partial charge in [-0.1, -0.05) is 131 Å². The molecular formula is C79H66Cl4F2N32S. The van der Waals surface area contributed by atoms with Gasteiger partial charge in [0.2, 0.25) is 0 Å². The summed E-state index contributed by atoms with van der Waals surface area (Å²) in [6.45, 7) is 41.0. The number of nitrogen functional groups attached to an aromatic ring is 3. The van der Waals surface area contributed by atoms with Crippen molar-refractivity contribution in [3.05, 3.63) is 283 Å². The van der Waals surface area contributed by atoms with Gasteiger partial charge in [-0.25, -0.2) is 106 Å². The minimum Gasteiger partial charge on any atom is -0.392 e. The molecule has 4 aromatic carbocycles. The van der Waals surface area contributed by atoms with Gasteiger partial charge in [-0.3, -0.25) is 0 Å². The Kier molecular flexibility index (Phi) is 25.5. The third-order valence-electron chi connectivity index (χ3n) is 18.1. The zero-order valence-electron chi connectivity index (χ0n) is 63.2. The summed E-state index contributed by atoms with van der Waals surface area (Å²) in [7, 11) is 1.72. The normalized spacial score (nSPS) is 11.8. The summed E-state index contributed by atoms with van der Waals surface area (Å²) >= 11 is 24.8. The maximum atomic E-state index is 13.9. The Balaban J connectivity index is 0.000000144. The number of hydrogen-bond acceptors (Lipinski definition) is 24. The van der Waals surface area contributed by atoms with Gasteiger partial charge < -0.3 is 43.8 Å². The van der Waals surface area contributed by atoms with Crippen molar-refractivity contribution in [2.75, 3.05) is 50.8 Å². The van der Waals surface area contributed by atoms with E-state index in [1.165, 1.54) is 41.8 Å². The van der Waals surface area contributed by atoms with Crippen molar-refractivity contribution in [2.45, 2.75) is 65.7 Å². The predicted molar refractivity (Wildman–Crippen MR) is 458 cm³/mol. The van der Waals surface area contributed by atoms with Crippen LogP contribution in [0.15, 0.2) is 171 Å². The molecule has 0 aliphatic rings. The van der Waals surface area contributed by atoms with Crippen LogP contribution in [0.1, 0.15) is 85.5 Å². The fraction of sp³-hybridized carbons (Fsp3) is 0.139. The number of aryl methyl sites for hydroxylation is 2. The molecule has 12 heterocycles. The molecule has 0 saturated heterocycles. The molecule has 0 saturated carbocycles. The lowest BCUT2D eigenvalue weighted by molar-refractivity contribution is 0.584. The molecule has 0 radical (unpaired) electrons. The standard InChI is InChI=1S/3C20H17ClN8.C19H13ClF2N8.H2S/c1-11-6-4-5-7-13(11)17-14(8-16-24-9-15(21)29(16)28-17)12(2)27-20-18(23-3)19(22)25-10-26-20;1-12(27-20-18(22-2)19(23-3)25-11-26-20)14-9-16-24-10-15(21)29(16)28-17(14)13-7-5-4-6-8-13;1-11(25-20-18(23-3)19(22)26-12(2)27-20)14-9-16-24-10-15(21)29(16)28-17(14)13-7-5-4-6-8-13;1-9(28-19-17(24-2)18(23)26-8-27-19)13-6-15-25-7-14(20)30(15)29-16(13)10-3-11(21)5-12(22)4-10;/h4-10,12H,1-2H3,(H3,22,25,26,27);4-12H,1,3H3,(H2,23,25,26,27);4-11H,1-2H3,(H3,22,25,26,27);3-9H,1H3,(H3,23,26,27,28);1H2/t2*12-;11-;9-;/m0000./s1. The van der Waals surface area contributed by atoms with Gasteiger partial charge in [0.1, 0.15) is 83.0 Å².